The van der Waals surface area contributed by atoms with Gasteiger partial charge >= 0.3 is 23.9 Å². The van der Waals surface area contributed by atoms with Crippen LogP contribution in [0.25, 0.3) is 0 Å². The maximum atomic E-state index is 13.2. The summed E-state index contributed by atoms with van der Waals surface area (Å²) in [6.07, 6.45) is 67.9. The minimum absolute atomic E-state index is 0.0561. The van der Waals surface area contributed by atoms with Crippen molar-refractivity contribution in [2.24, 2.45) is 0 Å². The number of unbranched alkanes of at least 4 members (excludes halogenated alkanes) is 28. The quantitative estimate of drug-likeness (QED) is 0.0228. The number of rotatable bonds is 58. The Morgan fingerprint density at radius 1 is 0.400 bits per heavy atom. The van der Waals surface area contributed by atoms with Crippen LogP contribution >= 0.6 is 0 Å². The zero-order chi connectivity index (χ0) is 61.7. The molecule has 486 valence electrons. The number of carboxylic acid groups (broad SMARTS) is 1. The molecule has 0 aliphatic carbocycles. The zero-order valence-corrected chi connectivity index (χ0v) is 53.8. The molecule has 1 heterocycles. The van der Waals surface area contributed by atoms with Gasteiger partial charge in [-0.3, -0.25) is 14.4 Å². The molecule has 1 fully saturated rings. The fourth-order valence-corrected chi connectivity index (χ4v) is 10.00. The smallest absolute Gasteiger partial charge is 0.335 e. The van der Waals surface area contributed by atoms with E-state index in [-0.39, 0.29) is 25.9 Å². The van der Waals surface area contributed by atoms with Crippen LogP contribution in [0.4, 0.5) is 0 Å². The van der Waals surface area contributed by atoms with Crippen LogP contribution in [0.15, 0.2) is 97.2 Å². The number of ether oxygens (including phenoxy) is 5. The molecule has 6 unspecified atom stereocenters. The van der Waals surface area contributed by atoms with E-state index >= 15 is 0 Å². The summed E-state index contributed by atoms with van der Waals surface area (Å²) < 4.78 is 28.6. The second-order valence-electron chi connectivity index (χ2n) is 23.1. The topological polar surface area (TPSA) is 175 Å². The minimum atomic E-state index is -1.91. The second-order valence-corrected chi connectivity index (χ2v) is 23.1. The monoisotopic (exact) mass is 1190 g/mol. The van der Waals surface area contributed by atoms with E-state index in [1.807, 2.05) is 0 Å². The fraction of sp³-hybridized carbons (Fsp3) is 0.726. The molecule has 0 spiro atoms. The highest BCUT2D eigenvalue weighted by atomic mass is 16.7. The van der Waals surface area contributed by atoms with E-state index in [1.54, 1.807) is 0 Å². The number of allylic oxidation sites excluding steroid dienone is 16. The number of aliphatic carboxylic acids is 1. The molecule has 6 atom stereocenters. The predicted octanol–water partition coefficient (Wildman–Crippen LogP) is 18.8. The average Bonchev–Trinajstić information content (AvgIpc) is 3.51. The van der Waals surface area contributed by atoms with Crippen LogP contribution in [-0.2, 0) is 42.9 Å². The van der Waals surface area contributed by atoms with Crippen molar-refractivity contribution in [3.05, 3.63) is 97.2 Å². The summed E-state index contributed by atoms with van der Waals surface area (Å²) in [7, 11) is 0. The van der Waals surface area contributed by atoms with Crippen LogP contribution < -0.4 is 0 Å². The fourth-order valence-electron chi connectivity index (χ4n) is 10.00. The van der Waals surface area contributed by atoms with Crippen molar-refractivity contribution in [1.29, 1.82) is 0 Å². The molecule has 1 rings (SSSR count). The first-order valence-corrected chi connectivity index (χ1v) is 34.2. The van der Waals surface area contributed by atoms with E-state index in [0.717, 1.165) is 141 Å². The summed E-state index contributed by atoms with van der Waals surface area (Å²) in [5.41, 5.74) is 0. The van der Waals surface area contributed by atoms with Gasteiger partial charge in [0.2, 0.25) is 0 Å². The molecule has 1 aliphatic heterocycles. The van der Waals surface area contributed by atoms with Gasteiger partial charge in [-0.2, -0.15) is 0 Å². The van der Waals surface area contributed by atoms with Gasteiger partial charge in [0.15, 0.2) is 24.6 Å². The Bertz CT molecular complexity index is 1840. The highest BCUT2D eigenvalue weighted by Crippen LogP contribution is 2.27. The van der Waals surface area contributed by atoms with Crippen molar-refractivity contribution < 1.29 is 58.2 Å². The van der Waals surface area contributed by atoms with Crippen molar-refractivity contribution in [2.45, 2.75) is 327 Å². The number of aliphatic hydroxyl groups excluding tert-OH is 2. The summed E-state index contributed by atoms with van der Waals surface area (Å²) in [5.74, 6) is -3.16. The van der Waals surface area contributed by atoms with Crippen molar-refractivity contribution in [2.75, 3.05) is 13.2 Å². The van der Waals surface area contributed by atoms with Gasteiger partial charge < -0.3 is 39.0 Å². The molecule has 0 aromatic rings. The van der Waals surface area contributed by atoms with Crippen molar-refractivity contribution >= 4 is 23.9 Å². The maximum absolute atomic E-state index is 13.2. The van der Waals surface area contributed by atoms with E-state index < -0.39 is 67.3 Å². The first kappa shape index (κ1) is 78.7. The third kappa shape index (κ3) is 49.3. The van der Waals surface area contributed by atoms with E-state index in [4.69, 9.17) is 23.7 Å². The highest BCUT2D eigenvalue weighted by Gasteiger charge is 2.50. The molecule has 0 radical (unpaired) electrons. The Balaban J connectivity index is 2.66. The molecule has 0 saturated carbocycles. The van der Waals surface area contributed by atoms with Crippen LogP contribution in [0.5, 0.6) is 0 Å². The first-order chi connectivity index (χ1) is 41.6. The van der Waals surface area contributed by atoms with Gasteiger partial charge in [0.1, 0.15) is 18.8 Å². The van der Waals surface area contributed by atoms with Gasteiger partial charge in [-0.05, 0) is 96.3 Å². The molecule has 3 N–H and O–H groups in total. The third-order valence-electron chi connectivity index (χ3n) is 15.2. The third-order valence-corrected chi connectivity index (χ3v) is 15.2. The zero-order valence-electron chi connectivity index (χ0n) is 53.8. The molecular formula is C73H122O12. The van der Waals surface area contributed by atoms with Gasteiger partial charge in [0.05, 0.1) is 6.61 Å². The van der Waals surface area contributed by atoms with E-state index in [0.29, 0.717) is 19.3 Å². The van der Waals surface area contributed by atoms with Gasteiger partial charge in [0, 0.05) is 19.3 Å². The second kappa shape index (κ2) is 59.9. The number of hydrogen-bond acceptors (Lipinski definition) is 11. The van der Waals surface area contributed by atoms with Crippen molar-refractivity contribution in [3.63, 3.8) is 0 Å². The number of aliphatic hydroxyl groups is 2. The number of carbonyl (C=O) groups is 4. The van der Waals surface area contributed by atoms with Crippen LogP contribution in [0, 0.1) is 0 Å². The summed E-state index contributed by atoms with van der Waals surface area (Å²) in [6.45, 7) is 5.78. The van der Waals surface area contributed by atoms with E-state index in [2.05, 4.69) is 118 Å². The van der Waals surface area contributed by atoms with Gasteiger partial charge in [-0.15, -0.1) is 0 Å². The van der Waals surface area contributed by atoms with Crippen molar-refractivity contribution in [3.8, 4) is 0 Å². The Labute approximate surface area is 517 Å². The lowest BCUT2D eigenvalue weighted by Crippen LogP contribution is -2.61. The standard InChI is InChI=1S/C73H122O12/c1-4-7-10-13-16-19-22-25-28-31-33-36-38-41-44-47-50-53-56-59-65(74)81-62-64(83-66(75)60-57-54-51-48-45-42-39-35-30-27-24-21-18-15-12-9-6-3)63-82-73-71(69(78)68(77)70(85-73)72(79)80)84-67(76)61-58-55-52-49-46-43-40-37-34-32-29-26-23-20-17-14-11-8-5-2/h7,9-10,12,16,18-19,21,25,27-28,30,33,36,39,42,64,68-71,73,77-78H,4-6,8,11,13-15,17,20,22-24,26,29,31-32,34-35,37-38,40-41,43-63H2,1-3H3,(H,79,80)/b10-7-,12-9-,19-16-,21-18-,28-25-,30-27-,36-33-,42-39-. The SMILES string of the molecule is CC/C=C\C/C=C\C/C=C\C/C=C\CCCCCCCCC(=O)OCC(COC1OC(C(=O)O)C(O)C(O)C1OC(=O)CCCCCCCCCCCCCCCCCCCCC)OC(=O)CCCCCC/C=C\C/C=C\C/C=C\C/C=C\CC. The highest BCUT2D eigenvalue weighted by molar-refractivity contribution is 5.74. The Morgan fingerprint density at radius 3 is 1.13 bits per heavy atom. The molecule has 1 saturated heterocycles. The largest absolute Gasteiger partial charge is 0.479 e. The van der Waals surface area contributed by atoms with Gasteiger partial charge in [-0.25, -0.2) is 4.79 Å². The molecule has 0 aromatic carbocycles. The minimum Gasteiger partial charge on any atom is -0.479 e. The lowest BCUT2D eigenvalue weighted by molar-refractivity contribution is -0.301. The molecule has 12 nitrogen and oxygen atoms in total. The molecule has 0 bridgehead atoms. The molecule has 85 heavy (non-hydrogen) atoms. The molecule has 0 amide bonds. The van der Waals surface area contributed by atoms with Crippen molar-refractivity contribution in [1.82, 2.24) is 0 Å². The molecule has 1 aliphatic rings. The Kier molecular flexibility index (Phi) is 55.5. The lowest BCUT2D eigenvalue weighted by Gasteiger charge is -2.40. The number of carbonyl (C=O) groups excluding carboxylic acids is 3. The summed E-state index contributed by atoms with van der Waals surface area (Å²) in [5, 5.41) is 31.7. The van der Waals surface area contributed by atoms with Gasteiger partial charge in [0.25, 0.3) is 0 Å². The normalized spacial score (nSPS) is 18.1. The predicted molar refractivity (Wildman–Crippen MR) is 349 cm³/mol. The maximum Gasteiger partial charge on any atom is 0.335 e. The van der Waals surface area contributed by atoms with Crippen LogP contribution in [0.2, 0.25) is 0 Å². The van der Waals surface area contributed by atoms with Crippen LogP contribution in [-0.4, -0.2) is 89.2 Å². The number of esters is 3. The summed E-state index contributed by atoms with van der Waals surface area (Å²) >= 11 is 0. The molecule has 0 aromatic heterocycles. The molecule has 12 heteroatoms. The van der Waals surface area contributed by atoms with E-state index in [1.165, 1.54) is 89.9 Å². The van der Waals surface area contributed by atoms with Crippen LogP contribution in [0.1, 0.15) is 290 Å². The Hall–Kier alpha value is -4.36. The summed E-state index contributed by atoms with van der Waals surface area (Å²) in [6, 6.07) is 0. The Morgan fingerprint density at radius 2 is 0.741 bits per heavy atom. The summed E-state index contributed by atoms with van der Waals surface area (Å²) in [4.78, 5) is 51.5. The average molecular weight is 1190 g/mol. The number of carboxylic acids is 1. The lowest BCUT2D eigenvalue weighted by atomic mass is 9.98. The van der Waals surface area contributed by atoms with E-state index in [9.17, 15) is 34.5 Å². The molecular weight excluding hydrogens is 1070 g/mol. The van der Waals surface area contributed by atoms with Crippen LogP contribution in [0.3, 0.4) is 0 Å². The van der Waals surface area contributed by atoms with Gasteiger partial charge in [-0.1, -0.05) is 272 Å². The first-order valence-electron chi connectivity index (χ1n) is 34.2. The number of hydrogen-bond donors (Lipinski definition) is 3.